The van der Waals surface area contributed by atoms with Gasteiger partial charge in [-0.25, -0.2) is 4.79 Å². The first-order valence-corrected chi connectivity index (χ1v) is 8.26. The molecule has 25 heavy (non-hydrogen) atoms. The van der Waals surface area contributed by atoms with Gasteiger partial charge >= 0.3 is 12.0 Å². The molecule has 3 amide bonds. The van der Waals surface area contributed by atoms with E-state index in [1.54, 1.807) is 24.0 Å². The van der Waals surface area contributed by atoms with Crippen LogP contribution in [0.4, 0.5) is 10.5 Å². The predicted octanol–water partition coefficient (Wildman–Crippen LogP) is 1.01. The topological polar surface area (TPSA) is 88.2 Å². The predicted molar refractivity (Wildman–Crippen MR) is 91.6 cm³/mol. The number of carbonyl (C=O) groups excluding carboxylic acids is 3. The zero-order valence-electron chi connectivity index (χ0n) is 14.5. The Bertz CT molecular complexity index is 617. The van der Waals surface area contributed by atoms with Crippen molar-refractivity contribution in [1.29, 1.82) is 0 Å². The van der Waals surface area contributed by atoms with Gasteiger partial charge in [0.15, 0.2) is 0 Å². The molecule has 1 aromatic carbocycles. The van der Waals surface area contributed by atoms with E-state index in [1.165, 1.54) is 4.90 Å². The van der Waals surface area contributed by atoms with Crippen LogP contribution in [-0.2, 0) is 14.3 Å². The molecule has 0 saturated carbocycles. The summed E-state index contributed by atoms with van der Waals surface area (Å²) in [4.78, 5) is 38.6. The van der Waals surface area contributed by atoms with E-state index < -0.39 is 11.9 Å². The van der Waals surface area contributed by atoms with Crippen molar-refractivity contribution in [2.75, 3.05) is 44.3 Å². The molecule has 0 bridgehead atoms. The molecule has 2 rings (SSSR count). The highest BCUT2D eigenvalue weighted by atomic mass is 16.5. The first-order chi connectivity index (χ1) is 12.0. The van der Waals surface area contributed by atoms with E-state index in [0.717, 1.165) is 11.4 Å². The number of carbonyl (C=O) groups is 3. The highest BCUT2D eigenvalue weighted by Crippen LogP contribution is 2.23. The molecule has 0 atom stereocenters. The van der Waals surface area contributed by atoms with Crippen molar-refractivity contribution in [3.63, 3.8) is 0 Å². The molecule has 8 heteroatoms. The molecule has 1 aliphatic rings. The maximum absolute atomic E-state index is 12.4. The summed E-state index contributed by atoms with van der Waals surface area (Å²) in [5.74, 6) is -0.150. The molecule has 1 fully saturated rings. The molecule has 1 saturated heterocycles. The Hall–Kier alpha value is -2.77. The number of anilines is 1. The molecule has 1 aromatic rings. The molecule has 0 aromatic heterocycles. The van der Waals surface area contributed by atoms with Crippen molar-refractivity contribution in [3.05, 3.63) is 24.3 Å². The lowest BCUT2D eigenvalue weighted by Crippen LogP contribution is -2.41. The lowest BCUT2D eigenvalue weighted by atomic mass is 10.3. The summed E-state index contributed by atoms with van der Waals surface area (Å²) in [6.45, 7) is 5.09. The Morgan fingerprint density at radius 3 is 2.48 bits per heavy atom. The third-order valence-corrected chi connectivity index (χ3v) is 3.62. The van der Waals surface area contributed by atoms with Crippen molar-refractivity contribution < 1.29 is 23.9 Å². The first kappa shape index (κ1) is 18.6. The number of amides is 3. The summed E-state index contributed by atoms with van der Waals surface area (Å²) < 4.78 is 10.1. The highest BCUT2D eigenvalue weighted by molar-refractivity contribution is 5.96. The zero-order valence-corrected chi connectivity index (χ0v) is 14.5. The van der Waals surface area contributed by atoms with Gasteiger partial charge in [0.05, 0.1) is 13.2 Å². The number of hydrogen-bond donors (Lipinski definition) is 1. The van der Waals surface area contributed by atoms with Crippen molar-refractivity contribution in [2.24, 2.45) is 0 Å². The normalized spacial score (nSPS) is 13.8. The largest absolute Gasteiger partial charge is 0.494 e. The number of benzene rings is 1. The number of nitrogens with zero attached hydrogens (tertiary/aromatic N) is 2. The van der Waals surface area contributed by atoms with E-state index in [1.807, 2.05) is 19.1 Å². The Kier molecular flexibility index (Phi) is 6.62. The standard InChI is InChI=1S/C17H23N3O5/c1-3-24-14-7-5-13(6-8-14)20-10-9-19(17(20)23)12-15(21)18-11-16(22)25-4-2/h5-8H,3-4,9-12H2,1-2H3,(H,18,21). The fourth-order valence-corrected chi connectivity index (χ4v) is 2.47. The van der Waals surface area contributed by atoms with Gasteiger partial charge in [0, 0.05) is 18.8 Å². The Labute approximate surface area is 146 Å². The van der Waals surface area contributed by atoms with E-state index >= 15 is 0 Å². The van der Waals surface area contributed by atoms with Gasteiger partial charge in [-0.05, 0) is 38.1 Å². The second-order valence-corrected chi connectivity index (χ2v) is 5.36. The van der Waals surface area contributed by atoms with Gasteiger partial charge in [0.25, 0.3) is 0 Å². The second-order valence-electron chi connectivity index (χ2n) is 5.36. The Morgan fingerprint density at radius 2 is 1.84 bits per heavy atom. The molecule has 1 aliphatic heterocycles. The molecular weight excluding hydrogens is 326 g/mol. The van der Waals surface area contributed by atoms with Crippen LogP contribution < -0.4 is 15.0 Å². The summed E-state index contributed by atoms with van der Waals surface area (Å²) in [5, 5.41) is 2.45. The summed E-state index contributed by atoms with van der Waals surface area (Å²) in [6, 6.07) is 7.00. The van der Waals surface area contributed by atoms with Crippen LogP contribution in [0.15, 0.2) is 24.3 Å². The molecule has 0 spiro atoms. The molecule has 136 valence electrons. The third kappa shape index (κ3) is 5.10. The summed E-state index contributed by atoms with van der Waals surface area (Å²) in [7, 11) is 0. The quantitative estimate of drug-likeness (QED) is 0.708. The molecule has 0 aliphatic carbocycles. The van der Waals surface area contributed by atoms with E-state index in [2.05, 4.69) is 5.32 Å². The van der Waals surface area contributed by atoms with Gasteiger partial charge < -0.3 is 19.7 Å². The van der Waals surface area contributed by atoms with Crippen LogP contribution in [0.1, 0.15) is 13.8 Å². The van der Waals surface area contributed by atoms with Crippen molar-refractivity contribution in [2.45, 2.75) is 13.8 Å². The third-order valence-electron chi connectivity index (χ3n) is 3.62. The van der Waals surface area contributed by atoms with Crippen LogP contribution in [0.3, 0.4) is 0 Å². The van der Waals surface area contributed by atoms with E-state index in [-0.39, 0.29) is 25.7 Å². The number of esters is 1. The monoisotopic (exact) mass is 349 g/mol. The van der Waals surface area contributed by atoms with Crippen molar-refractivity contribution >= 4 is 23.6 Å². The van der Waals surface area contributed by atoms with E-state index in [9.17, 15) is 14.4 Å². The number of ether oxygens (including phenoxy) is 2. The van der Waals surface area contributed by atoms with Gasteiger partial charge in [-0.3, -0.25) is 14.5 Å². The Balaban J connectivity index is 1.86. The summed E-state index contributed by atoms with van der Waals surface area (Å²) in [6.07, 6.45) is 0. The van der Waals surface area contributed by atoms with Gasteiger partial charge in [0.2, 0.25) is 5.91 Å². The minimum Gasteiger partial charge on any atom is -0.494 e. The van der Waals surface area contributed by atoms with E-state index in [4.69, 9.17) is 9.47 Å². The van der Waals surface area contributed by atoms with Crippen LogP contribution in [0.5, 0.6) is 5.75 Å². The van der Waals surface area contributed by atoms with Crippen LogP contribution in [0, 0.1) is 0 Å². The van der Waals surface area contributed by atoms with Gasteiger partial charge in [0.1, 0.15) is 18.8 Å². The van der Waals surface area contributed by atoms with Crippen molar-refractivity contribution in [3.8, 4) is 5.75 Å². The average Bonchev–Trinajstić information content (AvgIpc) is 2.95. The average molecular weight is 349 g/mol. The molecule has 0 radical (unpaired) electrons. The fraction of sp³-hybridized carbons (Fsp3) is 0.471. The Morgan fingerprint density at radius 1 is 1.12 bits per heavy atom. The lowest BCUT2D eigenvalue weighted by molar-refractivity contribution is -0.143. The lowest BCUT2D eigenvalue weighted by Gasteiger charge is -2.18. The van der Waals surface area contributed by atoms with Crippen LogP contribution in [-0.4, -0.2) is 62.2 Å². The SMILES string of the molecule is CCOC(=O)CNC(=O)CN1CCN(c2ccc(OCC)cc2)C1=O. The summed E-state index contributed by atoms with van der Waals surface area (Å²) in [5.41, 5.74) is 0.753. The molecule has 1 heterocycles. The number of hydrogen-bond acceptors (Lipinski definition) is 5. The molecule has 8 nitrogen and oxygen atoms in total. The van der Waals surface area contributed by atoms with Gasteiger partial charge in [-0.1, -0.05) is 0 Å². The van der Waals surface area contributed by atoms with Gasteiger partial charge in [-0.2, -0.15) is 0 Å². The van der Waals surface area contributed by atoms with Gasteiger partial charge in [-0.15, -0.1) is 0 Å². The first-order valence-electron chi connectivity index (χ1n) is 8.26. The van der Waals surface area contributed by atoms with Crippen LogP contribution >= 0.6 is 0 Å². The fourth-order valence-electron chi connectivity index (χ4n) is 2.47. The minimum atomic E-state index is -0.500. The summed E-state index contributed by atoms with van der Waals surface area (Å²) >= 11 is 0. The van der Waals surface area contributed by atoms with Crippen molar-refractivity contribution in [1.82, 2.24) is 10.2 Å². The molecule has 0 unspecified atom stereocenters. The highest BCUT2D eigenvalue weighted by Gasteiger charge is 2.30. The maximum atomic E-state index is 12.4. The minimum absolute atomic E-state index is 0.0915. The van der Waals surface area contributed by atoms with E-state index in [0.29, 0.717) is 19.7 Å². The number of rotatable bonds is 8. The van der Waals surface area contributed by atoms with Crippen LogP contribution in [0.2, 0.25) is 0 Å². The zero-order chi connectivity index (χ0) is 18.2. The number of nitrogens with one attached hydrogen (secondary N) is 1. The second kappa shape index (κ2) is 8.91. The molecule has 1 N–H and O–H groups in total. The maximum Gasteiger partial charge on any atom is 0.325 e. The number of urea groups is 1. The molecular formula is C17H23N3O5. The van der Waals surface area contributed by atoms with Crippen LogP contribution in [0.25, 0.3) is 0 Å². The smallest absolute Gasteiger partial charge is 0.325 e.